The number of alkyl carbamates (subject to hydrolysis) is 1. The molecule has 1 rings (SSSR count). The fraction of sp³-hybridized carbons (Fsp3) is 0.875. The number of likely N-dealkylation sites (tertiary alicyclic amines) is 1. The molecule has 1 aliphatic rings. The summed E-state index contributed by atoms with van der Waals surface area (Å²) in [6.45, 7) is 13.8. The van der Waals surface area contributed by atoms with E-state index in [4.69, 9.17) is 4.74 Å². The SMILES string of the molecule is CC(=O)NC1CN(CC(CC(C)C)NC(=O)OC(C)(C)C)C1. The summed E-state index contributed by atoms with van der Waals surface area (Å²) in [7, 11) is 0. The van der Waals surface area contributed by atoms with Crippen LogP contribution in [0, 0.1) is 5.92 Å². The van der Waals surface area contributed by atoms with E-state index in [2.05, 4.69) is 29.4 Å². The maximum absolute atomic E-state index is 11.9. The maximum atomic E-state index is 11.9. The molecular weight excluding hydrogens is 282 g/mol. The first-order chi connectivity index (χ1) is 10.0. The lowest BCUT2D eigenvalue weighted by atomic mass is 10.0. The fourth-order valence-electron chi connectivity index (χ4n) is 2.63. The molecule has 6 nitrogen and oxygen atoms in total. The minimum Gasteiger partial charge on any atom is -0.444 e. The van der Waals surface area contributed by atoms with Gasteiger partial charge < -0.3 is 15.4 Å². The smallest absolute Gasteiger partial charge is 0.407 e. The molecule has 1 heterocycles. The van der Waals surface area contributed by atoms with E-state index >= 15 is 0 Å². The van der Waals surface area contributed by atoms with E-state index in [9.17, 15) is 9.59 Å². The third kappa shape index (κ3) is 7.64. The van der Waals surface area contributed by atoms with Gasteiger partial charge in [0, 0.05) is 32.6 Å². The van der Waals surface area contributed by atoms with Crippen molar-refractivity contribution in [1.29, 1.82) is 0 Å². The first kappa shape index (κ1) is 18.7. The molecule has 128 valence electrons. The van der Waals surface area contributed by atoms with Gasteiger partial charge in [0.25, 0.3) is 0 Å². The highest BCUT2D eigenvalue weighted by Crippen LogP contribution is 2.14. The summed E-state index contributed by atoms with van der Waals surface area (Å²) < 4.78 is 5.33. The van der Waals surface area contributed by atoms with Gasteiger partial charge in [-0.25, -0.2) is 4.79 Å². The second-order valence-electron chi connectivity index (χ2n) is 7.59. The molecule has 0 aromatic rings. The molecule has 1 saturated heterocycles. The van der Waals surface area contributed by atoms with Crippen LogP contribution >= 0.6 is 0 Å². The minimum absolute atomic E-state index is 0.00950. The van der Waals surface area contributed by atoms with Gasteiger partial charge in [0.1, 0.15) is 5.60 Å². The molecule has 0 aliphatic carbocycles. The summed E-state index contributed by atoms with van der Waals surface area (Å²) in [5, 5.41) is 5.87. The van der Waals surface area contributed by atoms with Crippen molar-refractivity contribution in [3.8, 4) is 0 Å². The van der Waals surface area contributed by atoms with Crippen molar-refractivity contribution < 1.29 is 14.3 Å². The highest BCUT2D eigenvalue weighted by atomic mass is 16.6. The number of nitrogens with one attached hydrogen (secondary N) is 2. The number of ether oxygens (including phenoxy) is 1. The van der Waals surface area contributed by atoms with Crippen molar-refractivity contribution >= 4 is 12.0 Å². The molecule has 1 atom stereocenters. The zero-order valence-electron chi connectivity index (χ0n) is 14.7. The monoisotopic (exact) mass is 313 g/mol. The third-order valence-electron chi connectivity index (χ3n) is 3.32. The summed E-state index contributed by atoms with van der Waals surface area (Å²) in [4.78, 5) is 25.2. The summed E-state index contributed by atoms with van der Waals surface area (Å²) in [6, 6.07) is 0.298. The average molecular weight is 313 g/mol. The number of hydrogen-bond acceptors (Lipinski definition) is 4. The highest BCUT2D eigenvalue weighted by Gasteiger charge is 2.30. The Labute approximate surface area is 134 Å². The van der Waals surface area contributed by atoms with E-state index in [1.807, 2.05) is 20.8 Å². The predicted octanol–water partition coefficient (Wildman–Crippen LogP) is 1.75. The predicted molar refractivity (Wildman–Crippen MR) is 86.7 cm³/mol. The van der Waals surface area contributed by atoms with Crippen LogP contribution in [-0.4, -0.2) is 54.2 Å². The van der Waals surface area contributed by atoms with Crippen LogP contribution < -0.4 is 10.6 Å². The molecule has 1 unspecified atom stereocenters. The quantitative estimate of drug-likeness (QED) is 0.784. The number of carbonyl (C=O) groups excluding carboxylic acids is 2. The Morgan fingerprint density at radius 1 is 1.27 bits per heavy atom. The van der Waals surface area contributed by atoms with Gasteiger partial charge in [0.15, 0.2) is 0 Å². The van der Waals surface area contributed by atoms with Gasteiger partial charge >= 0.3 is 6.09 Å². The van der Waals surface area contributed by atoms with E-state index in [0.29, 0.717) is 5.92 Å². The Bertz CT molecular complexity index is 385. The van der Waals surface area contributed by atoms with Crippen molar-refractivity contribution in [3.63, 3.8) is 0 Å². The Kier molecular flexibility index (Phi) is 6.66. The van der Waals surface area contributed by atoms with Crippen LogP contribution in [-0.2, 0) is 9.53 Å². The van der Waals surface area contributed by atoms with Crippen LogP contribution in [0.1, 0.15) is 48.0 Å². The van der Waals surface area contributed by atoms with Crippen molar-refractivity contribution in [2.24, 2.45) is 5.92 Å². The summed E-state index contributed by atoms with van der Waals surface area (Å²) in [5.74, 6) is 0.502. The van der Waals surface area contributed by atoms with Crippen molar-refractivity contribution in [3.05, 3.63) is 0 Å². The van der Waals surface area contributed by atoms with Gasteiger partial charge in [-0.15, -0.1) is 0 Å². The molecule has 2 N–H and O–H groups in total. The number of rotatable bonds is 6. The third-order valence-corrected chi connectivity index (χ3v) is 3.32. The van der Waals surface area contributed by atoms with Gasteiger partial charge in [0.2, 0.25) is 5.91 Å². The average Bonchev–Trinajstić information content (AvgIpc) is 2.21. The lowest BCUT2D eigenvalue weighted by Gasteiger charge is -2.41. The zero-order valence-corrected chi connectivity index (χ0v) is 14.7. The first-order valence-electron chi connectivity index (χ1n) is 8.04. The largest absolute Gasteiger partial charge is 0.444 e. The molecule has 6 heteroatoms. The Hall–Kier alpha value is -1.30. The first-order valence-corrected chi connectivity index (χ1v) is 8.04. The van der Waals surface area contributed by atoms with Crippen LogP contribution in [0.5, 0.6) is 0 Å². The van der Waals surface area contributed by atoms with Crippen molar-refractivity contribution in [1.82, 2.24) is 15.5 Å². The summed E-state index contributed by atoms with van der Waals surface area (Å²) >= 11 is 0. The molecular formula is C16H31N3O3. The van der Waals surface area contributed by atoms with Crippen LogP contribution in [0.3, 0.4) is 0 Å². The fourth-order valence-corrected chi connectivity index (χ4v) is 2.63. The van der Waals surface area contributed by atoms with Gasteiger partial charge in [-0.2, -0.15) is 0 Å². The number of carbonyl (C=O) groups is 2. The summed E-state index contributed by atoms with van der Waals surface area (Å²) in [6.07, 6.45) is 0.540. The van der Waals surface area contributed by atoms with E-state index in [0.717, 1.165) is 26.1 Å². The standard InChI is InChI=1S/C16H31N3O3/c1-11(2)7-13(18-15(21)22-16(4,5)6)8-19-9-14(10-19)17-12(3)20/h11,13-14H,7-10H2,1-6H3,(H,17,20)(H,18,21). The topological polar surface area (TPSA) is 70.7 Å². The number of amides is 2. The Balaban J connectivity index is 2.42. The van der Waals surface area contributed by atoms with Crippen LogP contribution in [0.15, 0.2) is 0 Å². The van der Waals surface area contributed by atoms with Crippen LogP contribution in [0.4, 0.5) is 4.79 Å². The van der Waals surface area contributed by atoms with E-state index in [1.165, 1.54) is 6.92 Å². The van der Waals surface area contributed by atoms with E-state index in [-0.39, 0.29) is 24.1 Å². The van der Waals surface area contributed by atoms with Crippen LogP contribution in [0.25, 0.3) is 0 Å². The van der Waals surface area contributed by atoms with Crippen molar-refractivity contribution in [2.45, 2.75) is 65.6 Å². The number of hydrogen-bond donors (Lipinski definition) is 2. The van der Waals surface area contributed by atoms with Crippen molar-refractivity contribution in [2.75, 3.05) is 19.6 Å². The molecule has 2 amide bonds. The molecule has 1 fully saturated rings. The molecule has 0 bridgehead atoms. The molecule has 0 aromatic carbocycles. The van der Waals surface area contributed by atoms with Gasteiger partial charge in [-0.3, -0.25) is 9.69 Å². The Morgan fingerprint density at radius 3 is 2.32 bits per heavy atom. The molecule has 0 aromatic heterocycles. The normalized spacial score (nSPS) is 17.8. The Morgan fingerprint density at radius 2 is 1.86 bits per heavy atom. The molecule has 1 aliphatic heterocycles. The second-order valence-corrected chi connectivity index (χ2v) is 7.59. The number of nitrogens with zero attached hydrogens (tertiary/aromatic N) is 1. The molecule has 0 spiro atoms. The maximum Gasteiger partial charge on any atom is 0.407 e. The van der Waals surface area contributed by atoms with Gasteiger partial charge in [-0.1, -0.05) is 13.8 Å². The summed E-state index contributed by atoms with van der Waals surface area (Å²) in [5.41, 5.74) is -0.486. The highest BCUT2D eigenvalue weighted by molar-refractivity contribution is 5.73. The van der Waals surface area contributed by atoms with Gasteiger partial charge in [0.05, 0.1) is 6.04 Å². The molecule has 0 radical (unpaired) electrons. The second kappa shape index (κ2) is 7.81. The molecule has 22 heavy (non-hydrogen) atoms. The minimum atomic E-state index is -0.486. The molecule has 0 saturated carbocycles. The zero-order chi connectivity index (χ0) is 16.9. The van der Waals surface area contributed by atoms with Crippen LogP contribution in [0.2, 0.25) is 0 Å². The van der Waals surface area contributed by atoms with E-state index < -0.39 is 5.60 Å². The lowest BCUT2D eigenvalue weighted by molar-refractivity contribution is -0.120. The van der Waals surface area contributed by atoms with Gasteiger partial charge in [-0.05, 0) is 33.1 Å². The lowest BCUT2D eigenvalue weighted by Crippen LogP contribution is -2.61. The van der Waals surface area contributed by atoms with E-state index in [1.54, 1.807) is 0 Å².